The van der Waals surface area contributed by atoms with Crippen LogP contribution in [-0.4, -0.2) is 66.4 Å². The molecule has 178 valence electrons. The number of nitrogens with zero attached hydrogens (tertiary/aromatic N) is 2. The van der Waals surface area contributed by atoms with Gasteiger partial charge in [0.25, 0.3) is 5.91 Å². The van der Waals surface area contributed by atoms with Gasteiger partial charge in [-0.1, -0.05) is 31.2 Å². The summed E-state index contributed by atoms with van der Waals surface area (Å²) >= 11 is 0. The smallest absolute Gasteiger partial charge is 0.255 e. The molecule has 7 nitrogen and oxygen atoms in total. The Morgan fingerprint density at radius 2 is 1.97 bits per heavy atom. The number of carbonyl (C=O) groups is 1. The van der Waals surface area contributed by atoms with Gasteiger partial charge in [-0.2, -0.15) is 0 Å². The van der Waals surface area contributed by atoms with Gasteiger partial charge in [-0.25, -0.2) is 4.98 Å². The summed E-state index contributed by atoms with van der Waals surface area (Å²) in [6.07, 6.45) is 5.59. The molecule has 1 aliphatic carbocycles. The number of aromatic nitrogens is 1. The number of rotatable bonds is 7. The molecule has 2 aliphatic rings. The molecule has 1 amide bonds. The van der Waals surface area contributed by atoms with Crippen LogP contribution < -0.4 is 11.1 Å². The molecule has 0 bridgehead atoms. The Morgan fingerprint density at radius 3 is 2.67 bits per heavy atom. The van der Waals surface area contributed by atoms with Crippen molar-refractivity contribution in [2.75, 3.05) is 39.1 Å². The molecule has 0 radical (unpaired) electrons. The van der Waals surface area contributed by atoms with E-state index >= 15 is 0 Å². The number of aliphatic hydroxyl groups excluding tert-OH is 1. The fourth-order valence-electron chi connectivity index (χ4n) is 5.07. The Kier molecular flexibility index (Phi) is 7.32. The molecule has 1 saturated heterocycles. The van der Waals surface area contributed by atoms with E-state index in [-0.39, 0.29) is 29.3 Å². The van der Waals surface area contributed by atoms with Gasteiger partial charge in [-0.3, -0.25) is 4.79 Å². The molecular weight excluding hydrogens is 416 g/mol. The molecule has 7 heteroatoms. The van der Waals surface area contributed by atoms with Crippen LogP contribution in [0.2, 0.25) is 0 Å². The van der Waals surface area contributed by atoms with Crippen LogP contribution in [-0.2, 0) is 10.2 Å². The maximum absolute atomic E-state index is 12.9. The molecule has 2 aromatic rings. The van der Waals surface area contributed by atoms with E-state index in [0.717, 1.165) is 56.6 Å². The van der Waals surface area contributed by atoms with Gasteiger partial charge in [0.05, 0.1) is 18.3 Å². The Morgan fingerprint density at radius 1 is 1.24 bits per heavy atom. The number of hydrogen-bond acceptors (Lipinski definition) is 6. The lowest BCUT2D eigenvalue weighted by Crippen LogP contribution is -2.38. The fourth-order valence-corrected chi connectivity index (χ4v) is 5.07. The minimum atomic E-state index is -0.254. The van der Waals surface area contributed by atoms with Crippen molar-refractivity contribution in [1.82, 2.24) is 15.2 Å². The largest absolute Gasteiger partial charge is 0.393 e. The van der Waals surface area contributed by atoms with Crippen LogP contribution in [0, 0.1) is 0 Å². The van der Waals surface area contributed by atoms with E-state index in [0.29, 0.717) is 18.4 Å². The highest BCUT2D eigenvalue weighted by atomic mass is 16.5. The van der Waals surface area contributed by atoms with Crippen molar-refractivity contribution in [3.63, 3.8) is 0 Å². The van der Waals surface area contributed by atoms with Crippen molar-refractivity contribution in [2.45, 2.75) is 56.6 Å². The van der Waals surface area contributed by atoms with Crippen molar-refractivity contribution in [3.05, 3.63) is 47.7 Å². The maximum Gasteiger partial charge on any atom is 0.255 e. The van der Waals surface area contributed by atoms with E-state index in [1.54, 1.807) is 13.3 Å². The number of nitrogen functional groups attached to an aromatic ring is 1. The van der Waals surface area contributed by atoms with Crippen molar-refractivity contribution >= 4 is 11.7 Å². The molecule has 0 unspecified atom stereocenters. The number of methoxy groups -OCH3 is 1. The third kappa shape index (κ3) is 5.54. The number of carbonyl (C=O) groups excluding carboxylic acids is 1. The summed E-state index contributed by atoms with van der Waals surface area (Å²) in [6.45, 7) is 6.17. The lowest BCUT2D eigenvalue weighted by molar-refractivity contribution is 0.0868. The first-order chi connectivity index (χ1) is 15.9. The first-order valence-corrected chi connectivity index (χ1v) is 11.9. The molecule has 2 heterocycles. The zero-order valence-electron chi connectivity index (χ0n) is 19.7. The molecule has 1 aliphatic heterocycles. The van der Waals surface area contributed by atoms with E-state index in [4.69, 9.17) is 10.5 Å². The van der Waals surface area contributed by atoms with Crippen LogP contribution in [0.15, 0.2) is 36.5 Å². The third-order valence-corrected chi connectivity index (χ3v) is 7.27. The van der Waals surface area contributed by atoms with Gasteiger partial charge in [-0.15, -0.1) is 0 Å². The highest BCUT2D eigenvalue weighted by Gasteiger charge is 2.35. The Balaban J connectivity index is 1.45. The number of benzene rings is 1. The minimum Gasteiger partial charge on any atom is -0.393 e. The molecule has 1 aromatic carbocycles. The number of nitrogens with two attached hydrogens (primary N) is 1. The summed E-state index contributed by atoms with van der Waals surface area (Å²) in [5.74, 6) is 0.0350. The average Bonchev–Trinajstić information content (AvgIpc) is 3.21. The van der Waals surface area contributed by atoms with E-state index < -0.39 is 0 Å². The van der Waals surface area contributed by atoms with Gasteiger partial charge in [-0.05, 0) is 55.8 Å². The van der Waals surface area contributed by atoms with Crippen molar-refractivity contribution in [1.29, 1.82) is 0 Å². The number of aliphatic hydroxyl groups is 1. The van der Waals surface area contributed by atoms with Crippen LogP contribution in [0.5, 0.6) is 0 Å². The van der Waals surface area contributed by atoms with Gasteiger partial charge in [0, 0.05) is 43.4 Å². The highest BCUT2D eigenvalue weighted by molar-refractivity contribution is 5.99. The molecule has 2 fully saturated rings. The summed E-state index contributed by atoms with van der Waals surface area (Å²) in [4.78, 5) is 19.6. The molecular formula is C26H36N4O3. The van der Waals surface area contributed by atoms with Crippen LogP contribution >= 0.6 is 0 Å². The number of anilines is 1. The number of ether oxygens (including phenoxy) is 1. The number of likely N-dealkylation sites (tertiary alicyclic amines) is 1. The molecule has 1 atom stereocenters. The van der Waals surface area contributed by atoms with E-state index in [2.05, 4.69) is 46.4 Å². The van der Waals surface area contributed by atoms with Crippen LogP contribution in [0.3, 0.4) is 0 Å². The number of amides is 1. The predicted octanol–water partition coefficient (Wildman–Crippen LogP) is 2.97. The molecule has 1 aromatic heterocycles. The summed E-state index contributed by atoms with van der Waals surface area (Å²) in [6, 6.07) is 10.5. The van der Waals surface area contributed by atoms with E-state index in [1.165, 1.54) is 5.56 Å². The quantitative estimate of drug-likeness (QED) is 0.597. The van der Waals surface area contributed by atoms with Crippen LogP contribution in [0.4, 0.5) is 5.82 Å². The second kappa shape index (κ2) is 10.2. The Labute approximate surface area is 196 Å². The van der Waals surface area contributed by atoms with Gasteiger partial charge in [0.1, 0.15) is 5.82 Å². The second-order valence-electron chi connectivity index (χ2n) is 9.79. The SMILES string of the molecule is COCCN1CC[C@](C)(c2ccc(-c3cnc(N)c(C(=O)N[C@H]4CC[C@H](O)CC4)c3)cc2)C1. The average molecular weight is 453 g/mol. The Hall–Kier alpha value is -2.48. The van der Waals surface area contributed by atoms with Crippen molar-refractivity contribution in [2.24, 2.45) is 0 Å². The Bertz CT molecular complexity index is 957. The van der Waals surface area contributed by atoms with Gasteiger partial charge >= 0.3 is 0 Å². The lowest BCUT2D eigenvalue weighted by atomic mass is 9.81. The highest BCUT2D eigenvalue weighted by Crippen LogP contribution is 2.35. The topological polar surface area (TPSA) is 101 Å². The number of pyridine rings is 1. The first-order valence-electron chi connectivity index (χ1n) is 11.9. The minimum absolute atomic E-state index is 0.0684. The normalized spacial score (nSPS) is 25.8. The van der Waals surface area contributed by atoms with Crippen molar-refractivity contribution in [3.8, 4) is 11.1 Å². The van der Waals surface area contributed by atoms with Gasteiger partial charge in [0.15, 0.2) is 0 Å². The molecule has 0 spiro atoms. The summed E-state index contributed by atoms with van der Waals surface area (Å²) in [5.41, 5.74) is 9.79. The summed E-state index contributed by atoms with van der Waals surface area (Å²) in [5, 5.41) is 12.7. The summed E-state index contributed by atoms with van der Waals surface area (Å²) < 4.78 is 5.23. The van der Waals surface area contributed by atoms with Crippen molar-refractivity contribution < 1.29 is 14.6 Å². The lowest BCUT2D eigenvalue weighted by Gasteiger charge is -2.26. The molecule has 4 rings (SSSR count). The summed E-state index contributed by atoms with van der Waals surface area (Å²) in [7, 11) is 1.75. The number of nitrogens with one attached hydrogen (secondary N) is 1. The molecule has 4 N–H and O–H groups in total. The third-order valence-electron chi connectivity index (χ3n) is 7.27. The zero-order valence-corrected chi connectivity index (χ0v) is 19.7. The zero-order chi connectivity index (χ0) is 23.4. The number of hydrogen-bond donors (Lipinski definition) is 3. The second-order valence-corrected chi connectivity index (χ2v) is 9.79. The van der Waals surface area contributed by atoms with Gasteiger partial charge < -0.3 is 25.8 Å². The van der Waals surface area contributed by atoms with Crippen LogP contribution in [0.1, 0.15) is 54.9 Å². The predicted molar refractivity (Wildman–Crippen MR) is 130 cm³/mol. The van der Waals surface area contributed by atoms with Gasteiger partial charge in [0.2, 0.25) is 0 Å². The fraction of sp³-hybridized carbons (Fsp3) is 0.538. The van der Waals surface area contributed by atoms with E-state index in [9.17, 15) is 9.90 Å². The van der Waals surface area contributed by atoms with Crippen LogP contribution in [0.25, 0.3) is 11.1 Å². The molecule has 1 saturated carbocycles. The standard InChI is InChI=1S/C26H36N4O3/c1-26(11-12-30(17-26)13-14-33-2)20-5-3-18(4-6-20)19-15-23(24(27)28-16-19)25(32)29-21-7-9-22(31)10-8-21/h3-6,15-16,21-22,31H,7-14,17H2,1-2H3,(H2,27,28)(H,29,32)/t21-,22-,26-/m0/s1. The first kappa shape index (κ1) is 23.7. The maximum atomic E-state index is 12.9. The monoisotopic (exact) mass is 452 g/mol. The van der Waals surface area contributed by atoms with E-state index in [1.807, 2.05) is 6.07 Å². The molecule has 33 heavy (non-hydrogen) atoms.